The van der Waals surface area contributed by atoms with Gasteiger partial charge in [-0.3, -0.25) is 4.52 Å². The van der Waals surface area contributed by atoms with Crippen LogP contribution in [0.5, 0.6) is 0 Å². The fourth-order valence-electron chi connectivity index (χ4n) is 1.22. The number of rotatable bonds is 0. The zero-order chi connectivity index (χ0) is 7.97. The fraction of sp³-hybridized carbons (Fsp3) is 0. The molecule has 67 valence electrons. The van der Waals surface area contributed by atoms with E-state index >= 15 is 0 Å². The minimum atomic E-state index is 0. The van der Waals surface area contributed by atoms with Gasteiger partial charge in [0.25, 0.3) is 0 Å². The van der Waals surface area contributed by atoms with Crippen LogP contribution in [0.4, 0.5) is 0 Å². The molecule has 0 N–H and O–H groups in total. The van der Waals surface area contributed by atoms with Crippen molar-refractivity contribution in [1.29, 1.82) is 0 Å². The molecule has 0 atom stereocenters. The van der Waals surface area contributed by atoms with Gasteiger partial charge in [-0.25, -0.2) is 5.10 Å². The van der Waals surface area contributed by atoms with Crippen LogP contribution in [0.25, 0.3) is 11.2 Å². The normalized spacial score (nSPS) is 10.5. The van der Waals surface area contributed by atoms with Crippen LogP contribution < -0.4 is 0 Å². The summed E-state index contributed by atoms with van der Waals surface area (Å²) in [7, 11) is 0. The van der Waals surface area contributed by atoms with Gasteiger partial charge in [0.2, 0.25) is 0 Å². The van der Waals surface area contributed by atoms with Gasteiger partial charge < -0.3 is 9.38 Å². The van der Waals surface area contributed by atoms with Gasteiger partial charge in [-0.15, -0.1) is 0 Å². The number of imidazole rings is 1. The number of nitrogens with zero attached hydrogens (tertiary/aromatic N) is 5. The third-order valence-corrected chi connectivity index (χ3v) is 1.78. The standard InChI is InChI=1S/C7H4N5.Ir/c1-2-11-3-4-12-6(5-9-10-12)7(11)8-1;/h1-4H;/q-1;. The van der Waals surface area contributed by atoms with Gasteiger partial charge in [0.05, 0.1) is 0 Å². The van der Waals surface area contributed by atoms with Gasteiger partial charge in [-0.2, -0.15) is 0 Å². The van der Waals surface area contributed by atoms with E-state index in [0.29, 0.717) is 0 Å². The van der Waals surface area contributed by atoms with E-state index in [0.717, 1.165) is 11.2 Å². The molecular weight excluding hydrogens is 346 g/mol. The first-order valence-electron chi connectivity index (χ1n) is 3.49. The van der Waals surface area contributed by atoms with E-state index < -0.39 is 0 Å². The van der Waals surface area contributed by atoms with Crippen molar-refractivity contribution in [3.63, 3.8) is 0 Å². The summed E-state index contributed by atoms with van der Waals surface area (Å²) in [5.74, 6) is 0. The summed E-state index contributed by atoms with van der Waals surface area (Å²) in [4.78, 5) is 4.15. The molecule has 3 rings (SSSR count). The third-order valence-electron chi connectivity index (χ3n) is 1.78. The van der Waals surface area contributed by atoms with Crippen LogP contribution in [0.15, 0.2) is 24.8 Å². The molecule has 0 aliphatic carbocycles. The maximum atomic E-state index is 4.15. The SMILES string of the molecule is [Ir].[c-]1nnn2ccn3ccnc3c12. The summed E-state index contributed by atoms with van der Waals surface area (Å²) >= 11 is 0. The first-order valence-corrected chi connectivity index (χ1v) is 3.49. The molecule has 0 spiro atoms. The van der Waals surface area contributed by atoms with Crippen molar-refractivity contribution in [1.82, 2.24) is 24.2 Å². The monoisotopic (exact) mass is 351 g/mol. The Bertz CT molecular complexity index is 490. The molecule has 0 bridgehead atoms. The van der Waals surface area contributed by atoms with Crippen LogP contribution in [-0.2, 0) is 20.1 Å². The quantitative estimate of drug-likeness (QED) is 0.543. The Morgan fingerprint density at radius 1 is 1.23 bits per heavy atom. The molecule has 0 unspecified atom stereocenters. The molecule has 0 aliphatic heterocycles. The minimum absolute atomic E-state index is 0. The van der Waals surface area contributed by atoms with E-state index in [9.17, 15) is 0 Å². The molecule has 0 fully saturated rings. The molecule has 0 aromatic carbocycles. The van der Waals surface area contributed by atoms with Crippen LogP contribution >= 0.6 is 0 Å². The Balaban J connectivity index is 0.000000653. The Morgan fingerprint density at radius 3 is 3.08 bits per heavy atom. The molecule has 0 amide bonds. The molecule has 13 heavy (non-hydrogen) atoms. The second kappa shape index (κ2) is 2.90. The summed E-state index contributed by atoms with van der Waals surface area (Å²) in [5.41, 5.74) is 1.62. The van der Waals surface area contributed by atoms with Crippen LogP contribution in [0.1, 0.15) is 0 Å². The van der Waals surface area contributed by atoms with Gasteiger partial charge in [-0.05, 0) is 5.52 Å². The number of fused-ring (bicyclic) bond motifs is 3. The average Bonchev–Trinajstić information content (AvgIpc) is 2.71. The first kappa shape index (κ1) is 8.34. The molecule has 0 aliphatic rings. The van der Waals surface area contributed by atoms with E-state index in [-0.39, 0.29) is 20.1 Å². The zero-order valence-corrected chi connectivity index (χ0v) is 8.77. The van der Waals surface area contributed by atoms with Crippen molar-refractivity contribution in [2.24, 2.45) is 0 Å². The number of hydrogen-bond acceptors (Lipinski definition) is 3. The third kappa shape index (κ3) is 1.07. The average molecular weight is 350 g/mol. The van der Waals surface area contributed by atoms with Crippen molar-refractivity contribution in [3.05, 3.63) is 31.0 Å². The Hall–Kier alpha value is -1.26. The van der Waals surface area contributed by atoms with E-state index in [2.05, 4.69) is 21.5 Å². The van der Waals surface area contributed by atoms with Crippen molar-refractivity contribution in [3.8, 4) is 0 Å². The summed E-state index contributed by atoms with van der Waals surface area (Å²) in [5, 5.41) is 7.47. The summed E-state index contributed by atoms with van der Waals surface area (Å²) in [6, 6.07) is 0. The summed E-state index contributed by atoms with van der Waals surface area (Å²) < 4.78 is 3.54. The molecule has 6 heteroatoms. The van der Waals surface area contributed by atoms with Gasteiger partial charge in [-0.1, -0.05) is 11.4 Å². The van der Waals surface area contributed by atoms with E-state index in [1.165, 1.54) is 0 Å². The second-order valence-corrected chi connectivity index (χ2v) is 2.45. The van der Waals surface area contributed by atoms with E-state index in [4.69, 9.17) is 0 Å². The molecule has 0 saturated heterocycles. The number of hydrogen-bond donors (Lipinski definition) is 0. The van der Waals surface area contributed by atoms with Crippen LogP contribution in [0, 0.1) is 6.20 Å². The van der Waals surface area contributed by atoms with Crippen molar-refractivity contribution in [2.75, 3.05) is 0 Å². The van der Waals surface area contributed by atoms with E-state index in [1.54, 1.807) is 10.7 Å². The smallest absolute Gasteiger partial charge is 0.0425 e. The molecular formula is C7H4IrN5-. The molecule has 1 radical (unpaired) electrons. The van der Waals surface area contributed by atoms with Crippen LogP contribution in [0.2, 0.25) is 0 Å². The van der Waals surface area contributed by atoms with Gasteiger partial charge in [0, 0.05) is 50.5 Å². The number of aromatic nitrogens is 5. The van der Waals surface area contributed by atoms with Crippen LogP contribution in [-0.4, -0.2) is 24.2 Å². The molecule has 3 aromatic heterocycles. The van der Waals surface area contributed by atoms with Crippen molar-refractivity contribution >= 4 is 11.2 Å². The zero-order valence-electron chi connectivity index (χ0n) is 6.38. The predicted molar refractivity (Wildman–Crippen MR) is 40.6 cm³/mol. The fourth-order valence-corrected chi connectivity index (χ4v) is 1.22. The second-order valence-electron chi connectivity index (χ2n) is 2.45. The molecule has 3 aromatic rings. The topological polar surface area (TPSA) is 47.5 Å². The van der Waals surface area contributed by atoms with Gasteiger partial charge in [0.1, 0.15) is 0 Å². The van der Waals surface area contributed by atoms with E-state index in [1.807, 2.05) is 23.0 Å². The predicted octanol–water partition coefficient (Wildman–Crippen LogP) is 0.175. The minimum Gasteiger partial charge on any atom is -0.383 e. The summed E-state index contributed by atoms with van der Waals surface area (Å²) in [6.45, 7) is 0. The maximum absolute atomic E-state index is 4.15. The van der Waals surface area contributed by atoms with Gasteiger partial charge in [0.15, 0.2) is 0 Å². The molecule has 5 nitrogen and oxygen atoms in total. The Kier molecular flexibility index (Phi) is 1.86. The molecule has 0 saturated carbocycles. The Morgan fingerprint density at radius 2 is 2.15 bits per heavy atom. The van der Waals surface area contributed by atoms with Crippen LogP contribution in [0.3, 0.4) is 0 Å². The summed E-state index contributed by atoms with van der Waals surface area (Å²) in [6.07, 6.45) is 10.1. The maximum Gasteiger partial charge on any atom is 0.0425 e. The largest absolute Gasteiger partial charge is 0.383 e. The molecule has 3 heterocycles. The Labute approximate surface area is 86.7 Å². The first-order chi connectivity index (χ1) is 5.95. The van der Waals surface area contributed by atoms with Crippen molar-refractivity contribution < 1.29 is 20.1 Å². The van der Waals surface area contributed by atoms with Gasteiger partial charge >= 0.3 is 0 Å². The van der Waals surface area contributed by atoms with Crippen molar-refractivity contribution in [2.45, 2.75) is 0 Å².